The van der Waals surface area contributed by atoms with Gasteiger partial charge in [0.25, 0.3) is 0 Å². The lowest BCUT2D eigenvalue weighted by molar-refractivity contribution is 0.0986. The van der Waals surface area contributed by atoms with E-state index in [1.807, 2.05) is 44.4 Å². The van der Waals surface area contributed by atoms with Gasteiger partial charge in [-0.1, -0.05) is 35.1 Å². The fourth-order valence-electron chi connectivity index (χ4n) is 3.45. The summed E-state index contributed by atoms with van der Waals surface area (Å²) in [5, 5.41) is 5.39. The van der Waals surface area contributed by atoms with E-state index >= 15 is 0 Å². The summed E-state index contributed by atoms with van der Waals surface area (Å²) in [4.78, 5) is 34.2. The van der Waals surface area contributed by atoms with Gasteiger partial charge in [-0.05, 0) is 36.6 Å². The van der Waals surface area contributed by atoms with Crippen LogP contribution in [0.2, 0.25) is 5.02 Å². The second kappa shape index (κ2) is 8.57. The highest BCUT2D eigenvalue weighted by Crippen LogP contribution is 2.30. The van der Waals surface area contributed by atoms with Crippen LogP contribution < -0.4 is 4.90 Å². The first kappa shape index (κ1) is 20.6. The molecule has 1 aliphatic heterocycles. The Balaban J connectivity index is 1.41. The van der Waals surface area contributed by atoms with Crippen molar-refractivity contribution in [2.24, 2.45) is 7.05 Å². The molecule has 0 saturated carbocycles. The third kappa shape index (κ3) is 4.39. The van der Waals surface area contributed by atoms with Gasteiger partial charge in [-0.25, -0.2) is 9.78 Å². The lowest BCUT2D eigenvalue weighted by atomic mass is 10.1. The molecule has 0 radical (unpaired) electrons. The van der Waals surface area contributed by atoms with E-state index in [9.17, 15) is 9.59 Å². The zero-order valence-corrected chi connectivity index (χ0v) is 18.4. The number of carbonyl (C=O) groups is 2. The number of nitrogens with zero attached hydrogens (tertiary/aromatic N) is 5. The van der Waals surface area contributed by atoms with Crippen molar-refractivity contribution in [2.75, 3.05) is 18.0 Å². The predicted octanol–water partition coefficient (Wildman–Crippen LogP) is 4.10. The SMILES string of the molecule is Cc1nc(N2CCN(Cc3ccc(Cl)cc3)C2=O)sc1C(=O)CCc1cnn(C)c1. The number of anilines is 1. The lowest BCUT2D eigenvalue weighted by Crippen LogP contribution is -2.31. The Morgan fingerprint density at radius 3 is 2.67 bits per heavy atom. The van der Waals surface area contributed by atoms with Crippen molar-refractivity contribution < 1.29 is 9.59 Å². The summed E-state index contributed by atoms with van der Waals surface area (Å²) in [5.41, 5.74) is 2.73. The van der Waals surface area contributed by atoms with E-state index in [4.69, 9.17) is 11.6 Å². The van der Waals surface area contributed by atoms with Gasteiger partial charge in [-0.15, -0.1) is 0 Å². The molecule has 1 fully saturated rings. The molecule has 1 aliphatic rings. The Labute approximate surface area is 183 Å². The largest absolute Gasteiger partial charge is 0.326 e. The number of Topliss-reactive ketones (excluding diaryl/α,β-unsaturated/α-hetero) is 1. The minimum atomic E-state index is -0.0898. The Kier molecular flexibility index (Phi) is 5.87. The Hall–Kier alpha value is -2.71. The number of urea groups is 1. The topological polar surface area (TPSA) is 71.3 Å². The molecular weight excluding hydrogens is 422 g/mol. The van der Waals surface area contributed by atoms with Crippen molar-refractivity contribution in [3.05, 3.63) is 63.4 Å². The fraction of sp³-hybridized carbons (Fsp3) is 0.333. The molecule has 0 bridgehead atoms. The minimum absolute atomic E-state index is 0.0461. The highest BCUT2D eigenvalue weighted by molar-refractivity contribution is 7.17. The summed E-state index contributed by atoms with van der Waals surface area (Å²) in [7, 11) is 1.86. The number of amides is 2. The molecular formula is C21H22ClN5O2S. The molecule has 1 saturated heterocycles. The number of aryl methyl sites for hydroxylation is 3. The van der Waals surface area contributed by atoms with Crippen LogP contribution in [-0.4, -0.2) is 44.6 Å². The predicted molar refractivity (Wildman–Crippen MR) is 117 cm³/mol. The maximum Gasteiger partial charge on any atom is 0.326 e. The normalized spacial score (nSPS) is 14.0. The summed E-state index contributed by atoms with van der Waals surface area (Å²) >= 11 is 7.23. The molecule has 2 amide bonds. The van der Waals surface area contributed by atoms with Crippen LogP contribution in [-0.2, 0) is 20.0 Å². The summed E-state index contributed by atoms with van der Waals surface area (Å²) in [6.45, 7) is 3.52. The number of aromatic nitrogens is 3. The van der Waals surface area contributed by atoms with E-state index < -0.39 is 0 Å². The van der Waals surface area contributed by atoms with Crippen molar-refractivity contribution >= 4 is 39.9 Å². The molecule has 7 nitrogen and oxygen atoms in total. The van der Waals surface area contributed by atoms with Gasteiger partial charge in [0.1, 0.15) is 0 Å². The number of thiazole rings is 1. The van der Waals surface area contributed by atoms with E-state index in [-0.39, 0.29) is 11.8 Å². The van der Waals surface area contributed by atoms with Crippen LogP contribution in [0.15, 0.2) is 36.7 Å². The minimum Gasteiger partial charge on any atom is -0.318 e. The molecule has 3 aromatic rings. The number of rotatable bonds is 7. The Morgan fingerprint density at radius 1 is 1.20 bits per heavy atom. The molecule has 156 valence electrons. The van der Waals surface area contributed by atoms with Gasteiger partial charge in [0.2, 0.25) is 0 Å². The molecule has 0 atom stereocenters. The number of ketones is 1. The average Bonchev–Trinajstić information content (AvgIpc) is 3.41. The average molecular weight is 444 g/mol. The first-order chi connectivity index (χ1) is 14.4. The van der Waals surface area contributed by atoms with Crippen molar-refractivity contribution in [3.63, 3.8) is 0 Å². The van der Waals surface area contributed by atoms with Crippen LogP contribution >= 0.6 is 22.9 Å². The highest BCUT2D eigenvalue weighted by Gasteiger charge is 2.32. The molecule has 0 N–H and O–H groups in total. The van der Waals surface area contributed by atoms with Gasteiger partial charge in [0.15, 0.2) is 10.9 Å². The summed E-state index contributed by atoms with van der Waals surface area (Å²) in [5.74, 6) is 0.0461. The quantitative estimate of drug-likeness (QED) is 0.515. The van der Waals surface area contributed by atoms with E-state index in [0.29, 0.717) is 53.2 Å². The highest BCUT2D eigenvalue weighted by atomic mass is 35.5. The molecule has 0 spiro atoms. The van der Waals surface area contributed by atoms with Crippen molar-refractivity contribution in [1.29, 1.82) is 0 Å². The molecule has 1 aromatic carbocycles. The second-order valence-electron chi connectivity index (χ2n) is 7.34. The number of benzene rings is 1. The Morgan fingerprint density at radius 2 is 1.97 bits per heavy atom. The number of carbonyl (C=O) groups excluding carboxylic acids is 2. The van der Waals surface area contributed by atoms with E-state index in [1.54, 1.807) is 20.7 Å². The van der Waals surface area contributed by atoms with Crippen LogP contribution in [0, 0.1) is 6.92 Å². The lowest BCUT2D eigenvalue weighted by Gasteiger charge is -2.17. The summed E-state index contributed by atoms with van der Waals surface area (Å²) in [6, 6.07) is 7.40. The van der Waals surface area contributed by atoms with Crippen LogP contribution in [0.1, 0.15) is 32.9 Å². The monoisotopic (exact) mass is 443 g/mol. The van der Waals surface area contributed by atoms with Gasteiger partial charge in [0, 0.05) is 44.3 Å². The molecule has 3 heterocycles. The summed E-state index contributed by atoms with van der Waals surface area (Å²) in [6.07, 6.45) is 4.72. The zero-order chi connectivity index (χ0) is 21.3. The standard InChI is InChI=1S/C21H22ClN5O2S/c1-14-19(18(28)8-5-16-11-23-25(2)12-16)30-20(24-14)27-10-9-26(21(27)29)13-15-3-6-17(22)7-4-15/h3-4,6-7,11-12H,5,8-10,13H2,1-2H3. The maximum absolute atomic E-state index is 12.9. The van der Waals surface area contributed by atoms with Crippen LogP contribution in [0.5, 0.6) is 0 Å². The van der Waals surface area contributed by atoms with Crippen LogP contribution in [0.25, 0.3) is 0 Å². The number of hydrogen-bond acceptors (Lipinski definition) is 5. The van der Waals surface area contributed by atoms with E-state index in [2.05, 4.69) is 10.1 Å². The zero-order valence-electron chi connectivity index (χ0n) is 16.8. The van der Waals surface area contributed by atoms with Gasteiger partial charge in [-0.3, -0.25) is 14.4 Å². The van der Waals surface area contributed by atoms with Crippen molar-refractivity contribution in [1.82, 2.24) is 19.7 Å². The third-order valence-corrected chi connectivity index (χ3v) is 6.52. The van der Waals surface area contributed by atoms with Gasteiger partial charge in [0.05, 0.1) is 16.8 Å². The molecule has 30 heavy (non-hydrogen) atoms. The van der Waals surface area contributed by atoms with Gasteiger partial charge in [-0.2, -0.15) is 5.10 Å². The van der Waals surface area contributed by atoms with Crippen molar-refractivity contribution in [3.8, 4) is 0 Å². The molecule has 0 aliphatic carbocycles. The molecule has 9 heteroatoms. The van der Waals surface area contributed by atoms with Crippen LogP contribution in [0.4, 0.5) is 9.93 Å². The van der Waals surface area contributed by atoms with E-state index in [0.717, 1.165) is 11.1 Å². The van der Waals surface area contributed by atoms with Crippen molar-refractivity contribution in [2.45, 2.75) is 26.3 Å². The fourth-order valence-corrected chi connectivity index (χ4v) is 4.63. The first-order valence-electron chi connectivity index (χ1n) is 9.70. The second-order valence-corrected chi connectivity index (χ2v) is 8.75. The van der Waals surface area contributed by atoms with Crippen LogP contribution in [0.3, 0.4) is 0 Å². The van der Waals surface area contributed by atoms with E-state index in [1.165, 1.54) is 11.3 Å². The molecule has 0 unspecified atom stereocenters. The number of halogens is 1. The smallest absolute Gasteiger partial charge is 0.318 e. The molecule has 4 rings (SSSR count). The summed E-state index contributed by atoms with van der Waals surface area (Å²) < 4.78 is 1.73. The first-order valence-corrected chi connectivity index (χ1v) is 10.9. The molecule has 2 aromatic heterocycles. The van der Waals surface area contributed by atoms with Gasteiger partial charge >= 0.3 is 6.03 Å². The van der Waals surface area contributed by atoms with Gasteiger partial charge < -0.3 is 4.90 Å². The Bertz CT molecular complexity index is 1080. The number of hydrogen-bond donors (Lipinski definition) is 0. The third-order valence-electron chi connectivity index (χ3n) is 5.05. The maximum atomic E-state index is 12.9.